The van der Waals surface area contributed by atoms with Crippen molar-refractivity contribution < 1.29 is 18.3 Å². The van der Waals surface area contributed by atoms with Gasteiger partial charge in [-0.15, -0.1) is 0 Å². The van der Waals surface area contributed by atoms with Crippen molar-refractivity contribution in [2.75, 3.05) is 0 Å². The molecule has 106 valence electrons. The molecule has 0 amide bonds. The van der Waals surface area contributed by atoms with E-state index in [1.54, 1.807) is 13.8 Å². The third-order valence-corrected chi connectivity index (χ3v) is 4.59. The second-order valence-corrected chi connectivity index (χ2v) is 6.43. The first-order chi connectivity index (χ1) is 8.77. The highest BCUT2D eigenvalue weighted by Crippen LogP contribution is 2.16. The smallest absolute Gasteiger partial charge is 0.322 e. The highest BCUT2D eigenvalue weighted by molar-refractivity contribution is 7.89. The maximum Gasteiger partial charge on any atom is 0.322 e. The van der Waals surface area contributed by atoms with Crippen LogP contribution in [0.5, 0.6) is 0 Å². The Morgan fingerprint density at radius 2 is 1.89 bits per heavy atom. The zero-order chi connectivity index (χ0) is 14.6. The van der Waals surface area contributed by atoms with Gasteiger partial charge in [-0.05, 0) is 30.2 Å². The predicted octanol–water partition coefficient (Wildman–Crippen LogP) is 2.12. The molecule has 0 saturated carbocycles. The van der Waals surface area contributed by atoms with E-state index in [1.165, 1.54) is 24.3 Å². The van der Waals surface area contributed by atoms with E-state index < -0.39 is 22.0 Å². The summed E-state index contributed by atoms with van der Waals surface area (Å²) in [6.07, 6.45) is 0.556. The van der Waals surface area contributed by atoms with Gasteiger partial charge in [0.25, 0.3) is 0 Å². The van der Waals surface area contributed by atoms with Crippen LogP contribution in [-0.4, -0.2) is 25.5 Å². The summed E-state index contributed by atoms with van der Waals surface area (Å²) in [5.41, 5.74) is 0. The van der Waals surface area contributed by atoms with Crippen molar-refractivity contribution >= 4 is 27.6 Å². The number of sulfonamides is 1. The molecule has 0 bridgehead atoms. The summed E-state index contributed by atoms with van der Waals surface area (Å²) in [5.74, 6) is -1.49. The Morgan fingerprint density at radius 1 is 1.37 bits per heavy atom. The minimum absolute atomic E-state index is 0.00791. The third kappa shape index (κ3) is 4.19. The lowest BCUT2D eigenvalue weighted by atomic mass is 10.0. The van der Waals surface area contributed by atoms with Crippen molar-refractivity contribution in [3.8, 4) is 0 Å². The molecule has 2 N–H and O–H groups in total. The summed E-state index contributed by atoms with van der Waals surface area (Å²) >= 11 is 5.68. The number of carboxylic acids is 1. The van der Waals surface area contributed by atoms with Crippen LogP contribution in [0.15, 0.2) is 29.2 Å². The number of hydrogen-bond acceptors (Lipinski definition) is 3. The molecule has 0 aromatic heterocycles. The lowest BCUT2D eigenvalue weighted by Gasteiger charge is -2.20. The Kier molecular flexibility index (Phi) is 5.34. The molecule has 1 aromatic rings. The molecular formula is C12H16ClNO4S. The van der Waals surface area contributed by atoms with Gasteiger partial charge in [0.1, 0.15) is 6.04 Å². The van der Waals surface area contributed by atoms with Crippen LogP contribution in [0.25, 0.3) is 0 Å². The van der Waals surface area contributed by atoms with Crippen molar-refractivity contribution in [3.63, 3.8) is 0 Å². The highest BCUT2D eigenvalue weighted by Gasteiger charge is 2.29. The number of aliphatic carboxylic acids is 1. The Balaban J connectivity index is 3.00. The minimum Gasteiger partial charge on any atom is -0.480 e. The van der Waals surface area contributed by atoms with Gasteiger partial charge in [0.05, 0.1) is 4.90 Å². The molecule has 2 atom stereocenters. The van der Waals surface area contributed by atoms with Gasteiger partial charge in [-0.2, -0.15) is 4.72 Å². The van der Waals surface area contributed by atoms with Crippen LogP contribution < -0.4 is 4.72 Å². The van der Waals surface area contributed by atoms with E-state index in [1.807, 2.05) is 0 Å². The molecule has 0 fully saturated rings. The standard InChI is InChI=1S/C12H16ClNO4S/c1-3-8(2)11(12(15)16)14-19(17,18)10-6-4-9(13)5-7-10/h4-8,11,14H,3H2,1-2H3,(H,15,16)/t8?,11-/m1/s1. The summed E-state index contributed by atoms with van der Waals surface area (Å²) < 4.78 is 26.3. The SMILES string of the molecule is CCC(C)[C@@H](NS(=O)(=O)c1ccc(Cl)cc1)C(=O)O. The Morgan fingerprint density at radius 3 is 2.32 bits per heavy atom. The molecule has 5 nitrogen and oxygen atoms in total. The number of halogens is 1. The van der Waals surface area contributed by atoms with Gasteiger partial charge in [0, 0.05) is 5.02 Å². The molecule has 0 heterocycles. The normalized spacial score (nSPS) is 14.9. The fourth-order valence-electron chi connectivity index (χ4n) is 1.49. The molecule has 0 aliphatic rings. The minimum atomic E-state index is -3.87. The number of hydrogen-bond donors (Lipinski definition) is 2. The molecule has 0 aliphatic carbocycles. The Hall–Kier alpha value is -1.11. The number of benzene rings is 1. The first kappa shape index (κ1) is 15.9. The van der Waals surface area contributed by atoms with E-state index >= 15 is 0 Å². The first-order valence-corrected chi connectivity index (χ1v) is 7.64. The average molecular weight is 306 g/mol. The number of carbonyl (C=O) groups is 1. The molecule has 1 unspecified atom stereocenters. The lowest BCUT2D eigenvalue weighted by molar-refractivity contribution is -0.140. The molecule has 0 spiro atoms. The number of nitrogens with one attached hydrogen (secondary N) is 1. The van der Waals surface area contributed by atoms with Crippen LogP contribution in [0.2, 0.25) is 5.02 Å². The van der Waals surface area contributed by atoms with E-state index in [9.17, 15) is 13.2 Å². The number of carboxylic acid groups (broad SMARTS) is 1. The number of rotatable bonds is 6. The molecule has 0 saturated heterocycles. The molecular weight excluding hydrogens is 290 g/mol. The summed E-state index contributed by atoms with van der Waals surface area (Å²) in [7, 11) is -3.87. The maximum atomic E-state index is 12.1. The van der Waals surface area contributed by atoms with Gasteiger partial charge in [0.15, 0.2) is 0 Å². The van der Waals surface area contributed by atoms with Crippen molar-refractivity contribution in [2.24, 2.45) is 5.92 Å². The maximum absolute atomic E-state index is 12.1. The molecule has 0 aliphatic heterocycles. The van der Waals surface area contributed by atoms with E-state index in [-0.39, 0.29) is 10.8 Å². The largest absolute Gasteiger partial charge is 0.480 e. The molecule has 19 heavy (non-hydrogen) atoms. The fraction of sp³-hybridized carbons (Fsp3) is 0.417. The predicted molar refractivity (Wildman–Crippen MR) is 72.7 cm³/mol. The van der Waals surface area contributed by atoms with Crippen LogP contribution in [0, 0.1) is 5.92 Å². The zero-order valence-electron chi connectivity index (χ0n) is 10.6. The van der Waals surface area contributed by atoms with Crippen LogP contribution in [-0.2, 0) is 14.8 Å². The molecule has 1 aromatic carbocycles. The van der Waals surface area contributed by atoms with E-state index in [0.29, 0.717) is 11.4 Å². The Labute approximate surface area is 117 Å². The topological polar surface area (TPSA) is 83.5 Å². The summed E-state index contributed by atoms with van der Waals surface area (Å²) in [4.78, 5) is 11.1. The second-order valence-electron chi connectivity index (χ2n) is 4.28. The van der Waals surface area contributed by atoms with E-state index in [2.05, 4.69) is 4.72 Å². The monoisotopic (exact) mass is 305 g/mol. The third-order valence-electron chi connectivity index (χ3n) is 2.89. The molecule has 7 heteroatoms. The van der Waals surface area contributed by atoms with Gasteiger partial charge in [-0.25, -0.2) is 8.42 Å². The summed E-state index contributed by atoms with van der Waals surface area (Å²) in [6, 6.07) is 4.40. The van der Waals surface area contributed by atoms with Gasteiger partial charge in [0.2, 0.25) is 10.0 Å². The van der Waals surface area contributed by atoms with Crippen molar-refractivity contribution in [3.05, 3.63) is 29.3 Å². The van der Waals surface area contributed by atoms with Gasteiger partial charge in [-0.3, -0.25) is 4.79 Å². The van der Waals surface area contributed by atoms with Gasteiger partial charge < -0.3 is 5.11 Å². The van der Waals surface area contributed by atoms with E-state index in [4.69, 9.17) is 16.7 Å². The lowest BCUT2D eigenvalue weighted by Crippen LogP contribution is -2.44. The van der Waals surface area contributed by atoms with E-state index in [0.717, 1.165) is 0 Å². The second kappa shape index (κ2) is 6.36. The van der Waals surface area contributed by atoms with Crippen molar-refractivity contribution in [2.45, 2.75) is 31.2 Å². The van der Waals surface area contributed by atoms with Gasteiger partial charge in [-0.1, -0.05) is 31.9 Å². The van der Waals surface area contributed by atoms with Crippen LogP contribution in [0.3, 0.4) is 0 Å². The zero-order valence-corrected chi connectivity index (χ0v) is 12.2. The van der Waals surface area contributed by atoms with Gasteiger partial charge >= 0.3 is 5.97 Å². The quantitative estimate of drug-likeness (QED) is 0.843. The average Bonchev–Trinajstić information content (AvgIpc) is 2.35. The summed E-state index contributed by atoms with van der Waals surface area (Å²) in [5, 5.41) is 9.49. The van der Waals surface area contributed by atoms with Crippen molar-refractivity contribution in [1.29, 1.82) is 0 Å². The fourth-order valence-corrected chi connectivity index (χ4v) is 2.92. The van der Waals surface area contributed by atoms with Crippen LogP contribution >= 0.6 is 11.6 Å². The summed E-state index contributed by atoms with van der Waals surface area (Å²) in [6.45, 7) is 3.49. The van der Waals surface area contributed by atoms with Crippen LogP contribution in [0.4, 0.5) is 0 Å². The first-order valence-electron chi connectivity index (χ1n) is 5.78. The van der Waals surface area contributed by atoms with Crippen molar-refractivity contribution in [1.82, 2.24) is 4.72 Å². The highest BCUT2D eigenvalue weighted by atomic mass is 35.5. The van der Waals surface area contributed by atoms with Crippen LogP contribution in [0.1, 0.15) is 20.3 Å². The molecule has 1 rings (SSSR count). The molecule has 0 radical (unpaired) electrons. The Bertz CT molecular complexity index is 541.